The predicted molar refractivity (Wildman–Crippen MR) is 48.9 cm³/mol. The Morgan fingerprint density at radius 1 is 1.50 bits per heavy atom. The summed E-state index contributed by atoms with van der Waals surface area (Å²) in [5.74, 6) is 0.212. The molecule has 1 rings (SSSR count). The molecule has 0 aromatic carbocycles. The molecule has 0 aromatic rings. The first kappa shape index (κ1) is 9.52. The van der Waals surface area contributed by atoms with Gasteiger partial charge in [0.05, 0.1) is 0 Å². The molecular formula is C9H18N2O. The molecule has 1 heterocycles. The second-order valence-corrected chi connectivity index (χ2v) is 3.34. The zero-order valence-corrected chi connectivity index (χ0v) is 7.73. The van der Waals surface area contributed by atoms with Gasteiger partial charge < -0.3 is 10.6 Å². The molecule has 1 aliphatic heterocycles. The van der Waals surface area contributed by atoms with Gasteiger partial charge in [0.15, 0.2) is 0 Å². The molecular weight excluding hydrogens is 152 g/mol. The molecule has 0 aromatic heterocycles. The van der Waals surface area contributed by atoms with Crippen molar-refractivity contribution in [2.45, 2.75) is 38.6 Å². The maximum absolute atomic E-state index is 11.2. The number of amides is 1. The Bertz CT molecular complexity index is 141. The number of piperidine rings is 1. The number of carbonyl (C=O) groups excluding carboxylic acids is 1. The van der Waals surface area contributed by atoms with Gasteiger partial charge >= 0.3 is 0 Å². The summed E-state index contributed by atoms with van der Waals surface area (Å²) in [4.78, 5) is 11.2. The molecule has 0 spiro atoms. The summed E-state index contributed by atoms with van der Waals surface area (Å²) in [6.45, 7) is 4.11. The quantitative estimate of drug-likeness (QED) is 0.653. The Morgan fingerprint density at radius 3 is 2.75 bits per heavy atom. The second-order valence-electron chi connectivity index (χ2n) is 3.34. The summed E-state index contributed by atoms with van der Waals surface area (Å²) in [5, 5.41) is 6.31. The Hall–Kier alpha value is -0.570. The van der Waals surface area contributed by atoms with E-state index >= 15 is 0 Å². The fraction of sp³-hybridized carbons (Fsp3) is 0.889. The lowest BCUT2D eigenvalue weighted by Gasteiger charge is -2.23. The van der Waals surface area contributed by atoms with Crippen molar-refractivity contribution in [2.75, 3.05) is 13.1 Å². The summed E-state index contributed by atoms with van der Waals surface area (Å²) >= 11 is 0. The third kappa shape index (κ3) is 3.22. The van der Waals surface area contributed by atoms with E-state index in [1.807, 2.05) is 6.92 Å². The highest BCUT2D eigenvalue weighted by Gasteiger charge is 2.14. The van der Waals surface area contributed by atoms with E-state index in [1.165, 1.54) is 0 Å². The van der Waals surface area contributed by atoms with Crippen molar-refractivity contribution in [1.29, 1.82) is 0 Å². The van der Waals surface area contributed by atoms with Crippen LogP contribution in [0.4, 0.5) is 0 Å². The number of carbonyl (C=O) groups is 1. The van der Waals surface area contributed by atoms with E-state index in [2.05, 4.69) is 10.6 Å². The minimum atomic E-state index is 0.212. The Morgan fingerprint density at radius 2 is 2.17 bits per heavy atom. The van der Waals surface area contributed by atoms with Crippen LogP contribution in [-0.2, 0) is 4.79 Å². The molecule has 0 bridgehead atoms. The Labute approximate surface area is 73.9 Å². The van der Waals surface area contributed by atoms with Gasteiger partial charge in [-0.25, -0.2) is 0 Å². The van der Waals surface area contributed by atoms with E-state index in [0.717, 1.165) is 32.4 Å². The summed E-state index contributed by atoms with van der Waals surface area (Å²) in [7, 11) is 0. The van der Waals surface area contributed by atoms with Crippen molar-refractivity contribution < 1.29 is 4.79 Å². The Kier molecular flexibility index (Phi) is 4.08. The zero-order valence-electron chi connectivity index (χ0n) is 7.73. The monoisotopic (exact) mass is 170 g/mol. The van der Waals surface area contributed by atoms with Crippen molar-refractivity contribution >= 4 is 5.91 Å². The van der Waals surface area contributed by atoms with Gasteiger partial charge in [-0.05, 0) is 32.4 Å². The van der Waals surface area contributed by atoms with Crippen LogP contribution in [0.15, 0.2) is 0 Å². The molecule has 0 atom stereocenters. The summed E-state index contributed by atoms with van der Waals surface area (Å²) in [6, 6.07) is 0.422. The standard InChI is InChI=1S/C9H18N2O/c1-2-3-9(12)11-8-4-6-10-7-5-8/h8,10H,2-7H2,1H3,(H,11,12). The number of rotatable bonds is 3. The van der Waals surface area contributed by atoms with Crippen LogP contribution in [-0.4, -0.2) is 25.0 Å². The highest BCUT2D eigenvalue weighted by atomic mass is 16.1. The van der Waals surface area contributed by atoms with E-state index in [1.54, 1.807) is 0 Å². The lowest BCUT2D eigenvalue weighted by molar-refractivity contribution is -0.121. The van der Waals surface area contributed by atoms with E-state index < -0.39 is 0 Å². The van der Waals surface area contributed by atoms with E-state index in [4.69, 9.17) is 0 Å². The van der Waals surface area contributed by atoms with Crippen LogP contribution < -0.4 is 10.6 Å². The molecule has 3 heteroatoms. The van der Waals surface area contributed by atoms with Crippen molar-refractivity contribution in [2.24, 2.45) is 0 Å². The molecule has 12 heavy (non-hydrogen) atoms. The molecule has 1 saturated heterocycles. The average molecular weight is 170 g/mol. The van der Waals surface area contributed by atoms with Crippen LogP contribution >= 0.6 is 0 Å². The van der Waals surface area contributed by atoms with E-state index in [0.29, 0.717) is 12.5 Å². The van der Waals surface area contributed by atoms with Crippen LogP contribution in [0.1, 0.15) is 32.6 Å². The molecule has 0 radical (unpaired) electrons. The van der Waals surface area contributed by atoms with Gasteiger partial charge in [-0.3, -0.25) is 4.79 Å². The average Bonchev–Trinajstić information content (AvgIpc) is 2.06. The van der Waals surface area contributed by atoms with Crippen LogP contribution in [0.5, 0.6) is 0 Å². The fourth-order valence-corrected chi connectivity index (χ4v) is 1.49. The highest BCUT2D eigenvalue weighted by molar-refractivity contribution is 5.76. The minimum Gasteiger partial charge on any atom is -0.353 e. The lowest BCUT2D eigenvalue weighted by atomic mass is 10.1. The van der Waals surface area contributed by atoms with Gasteiger partial charge in [0.1, 0.15) is 0 Å². The van der Waals surface area contributed by atoms with Crippen molar-refractivity contribution in [3.05, 3.63) is 0 Å². The first-order valence-corrected chi connectivity index (χ1v) is 4.83. The zero-order chi connectivity index (χ0) is 8.81. The lowest BCUT2D eigenvalue weighted by Crippen LogP contribution is -2.42. The first-order valence-electron chi connectivity index (χ1n) is 4.83. The molecule has 0 unspecified atom stereocenters. The normalized spacial score (nSPS) is 19.1. The van der Waals surface area contributed by atoms with Crippen LogP contribution in [0.25, 0.3) is 0 Å². The van der Waals surface area contributed by atoms with Gasteiger partial charge in [0.2, 0.25) is 5.91 Å². The molecule has 70 valence electrons. The molecule has 0 aliphatic carbocycles. The number of nitrogens with one attached hydrogen (secondary N) is 2. The van der Waals surface area contributed by atoms with Crippen LogP contribution in [0, 0.1) is 0 Å². The molecule has 3 nitrogen and oxygen atoms in total. The van der Waals surface area contributed by atoms with Gasteiger partial charge in [0, 0.05) is 12.5 Å². The fourth-order valence-electron chi connectivity index (χ4n) is 1.49. The third-order valence-electron chi connectivity index (χ3n) is 2.18. The van der Waals surface area contributed by atoms with Gasteiger partial charge in [-0.2, -0.15) is 0 Å². The molecule has 0 saturated carbocycles. The van der Waals surface area contributed by atoms with Crippen LogP contribution in [0.3, 0.4) is 0 Å². The predicted octanol–water partition coefficient (Wildman–Crippen LogP) is 0.655. The van der Waals surface area contributed by atoms with Crippen molar-refractivity contribution in [3.8, 4) is 0 Å². The van der Waals surface area contributed by atoms with Gasteiger partial charge in [0.25, 0.3) is 0 Å². The van der Waals surface area contributed by atoms with E-state index in [9.17, 15) is 4.79 Å². The SMILES string of the molecule is CCCC(=O)NC1CCNCC1. The first-order chi connectivity index (χ1) is 5.83. The smallest absolute Gasteiger partial charge is 0.220 e. The maximum Gasteiger partial charge on any atom is 0.220 e. The maximum atomic E-state index is 11.2. The largest absolute Gasteiger partial charge is 0.353 e. The third-order valence-corrected chi connectivity index (χ3v) is 2.18. The Balaban J connectivity index is 2.15. The van der Waals surface area contributed by atoms with Crippen molar-refractivity contribution in [3.63, 3.8) is 0 Å². The number of hydrogen-bond donors (Lipinski definition) is 2. The summed E-state index contributed by atoms with van der Waals surface area (Å²) < 4.78 is 0. The number of hydrogen-bond acceptors (Lipinski definition) is 2. The summed E-state index contributed by atoms with van der Waals surface area (Å²) in [5.41, 5.74) is 0. The van der Waals surface area contributed by atoms with Crippen molar-refractivity contribution in [1.82, 2.24) is 10.6 Å². The topological polar surface area (TPSA) is 41.1 Å². The second kappa shape index (κ2) is 5.14. The minimum absolute atomic E-state index is 0.212. The van der Waals surface area contributed by atoms with Gasteiger partial charge in [-0.15, -0.1) is 0 Å². The molecule has 1 aliphatic rings. The highest BCUT2D eigenvalue weighted by Crippen LogP contribution is 2.02. The molecule has 2 N–H and O–H groups in total. The molecule has 1 amide bonds. The summed E-state index contributed by atoms with van der Waals surface area (Å²) in [6.07, 6.45) is 3.77. The van der Waals surface area contributed by atoms with Crippen LogP contribution in [0.2, 0.25) is 0 Å². The van der Waals surface area contributed by atoms with E-state index in [-0.39, 0.29) is 5.91 Å². The molecule has 1 fully saturated rings. The van der Waals surface area contributed by atoms with Gasteiger partial charge in [-0.1, -0.05) is 6.92 Å².